The largest absolute Gasteiger partial charge is 0.452 e. The number of piperidine rings is 1. The molecule has 7 nitrogen and oxygen atoms in total. The fourth-order valence-electron chi connectivity index (χ4n) is 4.42. The van der Waals surface area contributed by atoms with Gasteiger partial charge in [-0.3, -0.25) is 9.59 Å². The normalized spacial score (nSPS) is 17.7. The number of esters is 1. The van der Waals surface area contributed by atoms with Crippen LogP contribution in [0.3, 0.4) is 0 Å². The summed E-state index contributed by atoms with van der Waals surface area (Å²) in [5, 5.41) is 4.45. The Bertz CT molecular complexity index is 975. The van der Waals surface area contributed by atoms with Gasteiger partial charge in [-0.2, -0.15) is 5.10 Å². The highest BCUT2D eigenvalue weighted by atomic mass is 35.5. The van der Waals surface area contributed by atoms with E-state index in [0.29, 0.717) is 11.4 Å². The maximum Gasteiger partial charge on any atom is 0.343 e. The van der Waals surface area contributed by atoms with Gasteiger partial charge in [-0.25, -0.2) is 9.48 Å². The molecule has 30 heavy (non-hydrogen) atoms. The van der Waals surface area contributed by atoms with Crippen molar-refractivity contribution in [2.45, 2.75) is 58.5 Å². The number of ether oxygens (including phenoxy) is 1. The Hall–Kier alpha value is -2.67. The van der Waals surface area contributed by atoms with E-state index in [-0.39, 0.29) is 35.2 Å². The predicted molar refractivity (Wildman–Crippen MR) is 113 cm³/mol. The van der Waals surface area contributed by atoms with Crippen LogP contribution in [-0.2, 0) is 14.3 Å². The molecule has 1 aliphatic heterocycles. The lowest BCUT2D eigenvalue weighted by atomic mass is 9.79. The molecule has 1 saturated heterocycles. The first-order valence-electron chi connectivity index (χ1n) is 9.76. The number of Topliss-reactive ketones (excluding diaryl/α,β-unsaturated/α-hetero) is 1. The molecule has 0 N–H and O–H groups in total. The summed E-state index contributed by atoms with van der Waals surface area (Å²) < 4.78 is 6.77. The smallest absolute Gasteiger partial charge is 0.343 e. The Morgan fingerprint density at radius 2 is 1.67 bits per heavy atom. The van der Waals surface area contributed by atoms with Crippen molar-refractivity contribution in [1.82, 2.24) is 14.7 Å². The summed E-state index contributed by atoms with van der Waals surface area (Å²) >= 11 is 6.40. The molecule has 2 aromatic rings. The van der Waals surface area contributed by atoms with Gasteiger partial charge in [-0.1, -0.05) is 29.8 Å². The maximum absolute atomic E-state index is 13.0. The number of rotatable bonds is 4. The Balaban J connectivity index is 1.77. The van der Waals surface area contributed by atoms with E-state index in [1.165, 1.54) is 4.68 Å². The van der Waals surface area contributed by atoms with Gasteiger partial charge < -0.3 is 9.64 Å². The van der Waals surface area contributed by atoms with E-state index in [2.05, 4.69) is 5.10 Å². The van der Waals surface area contributed by atoms with Gasteiger partial charge in [0.2, 0.25) is 0 Å². The van der Waals surface area contributed by atoms with Gasteiger partial charge in [0.25, 0.3) is 5.91 Å². The molecular formula is C22H26ClN3O4. The van der Waals surface area contributed by atoms with Crippen LogP contribution in [0.15, 0.2) is 30.3 Å². The molecule has 8 heteroatoms. The number of hydrogen-bond acceptors (Lipinski definition) is 5. The molecule has 160 valence electrons. The number of aryl methyl sites for hydroxylation is 1. The van der Waals surface area contributed by atoms with Gasteiger partial charge in [0, 0.05) is 23.9 Å². The number of halogens is 1. The van der Waals surface area contributed by atoms with Crippen molar-refractivity contribution in [3.05, 3.63) is 46.7 Å². The Morgan fingerprint density at radius 3 is 2.23 bits per heavy atom. The molecule has 0 saturated carbocycles. The van der Waals surface area contributed by atoms with Gasteiger partial charge in [0.15, 0.2) is 6.61 Å². The third kappa shape index (κ3) is 4.12. The summed E-state index contributed by atoms with van der Waals surface area (Å²) in [6.45, 7) is 8.60. The van der Waals surface area contributed by atoms with Gasteiger partial charge in [0.1, 0.15) is 16.5 Å². The molecule has 0 unspecified atom stereocenters. The Labute approximate surface area is 180 Å². The molecule has 1 aromatic heterocycles. The summed E-state index contributed by atoms with van der Waals surface area (Å²) in [7, 11) is 0. The Morgan fingerprint density at radius 1 is 1.10 bits per heavy atom. The highest BCUT2D eigenvalue weighted by Gasteiger charge is 2.47. The molecule has 0 radical (unpaired) electrons. The van der Waals surface area contributed by atoms with Crippen molar-refractivity contribution < 1.29 is 19.1 Å². The number of hydrogen-bond donors (Lipinski definition) is 0. The van der Waals surface area contributed by atoms with Crippen molar-refractivity contribution in [3.63, 3.8) is 0 Å². The zero-order valence-electron chi connectivity index (χ0n) is 17.9. The summed E-state index contributed by atoms with van der Waals surface area (Å²) in [4.78, 5) is 39.4. The van der Waals surface area contributed by atoms with E-state index < -0.39 is 23.7 Å². The zero-order chi connectivity index (χ0) is 22.3. The van der Waals surface area contributed by atoms with Crippen molar-refractivity contribution in [1.29, 1.82) is 0 Å². The number of carbonyl (C=O) groups is 3. The SMILES string of the molecule is Cc1nn(-c2ccccc2)c(Cl)c1C(=O)OCC(=O)N1C(C)(C)CC(=O)CC1(C)C. The van der Waals surface area contributed by atoms with Gasteiger partial charge in [-0.05, 0) is 46.8 Å². The van der Waals surface area contributed by atoms with E-state index in [4.69, 9.17) is 16.3 Å². The number of para-hydroxylation sites is 1. The number of ketones is 1. The number of amides is 1. The zero-order valence-corrected chi connectivity index (χ0v) is 18.6. The van der Waals surface area contributed by atoms with Crippen LogP contribution in [0.4, 0.5) is 0 Å². The number of aromatic nitrogens is 2. The number of nitrogens with zero attached hydrogens (tertiary/aromatic N) is 3. The van der Waals surface area contributed by atoms with Crippen molar-refractivity contribution in [3.8, 4) is 5.69 Å². The van der Waals surface area contributed by atoms with Gasteiger partial charge in [-0.15, -0.1) is 0 Å². The van der Waals surface area contributed by atoms with Crippen LogP contribution in [0.2, 0.25) is 5.15 Å². The van der Waals surface area contributed by atoms with E-state index in [0.717, 1.165) is 0 Å². The molecule has 1 fully saturated rings. The lowest BCUT2D eigenvalue weighted by Crippen LogP contribution is -2.63. The standard InChI is InChI=1S/C22H26ClN3O4/c1-14-18(19(23)25(24-14)15-9-7-6-8-10-15)20(29)30-13-17(28)26-21(2,3)11-16(27)12-22(26,4)5/h6-10H,11-13H2,1-5H3. The van der Waals surface area contributed by atoms with Gasteiger partial charge in [0.05, 0.1) is 11.4 Å². The molecule has 2 heterocycles. The third-order valence-corrected chi connectivity index (χ3v) is 5.60. The first-order valence-corrected chi connectivity index (χ1v) is 10.1. The molecule has 1 amide bonds. The molecule has 0 aliphatic carbocycles. The lowest BCUT2D eigenvalue weighted by Gasteiger charge is -2.51. The van der Waals surface area contributed by atoms with Crippen LogP contribution in [0.25, 0.3) is 5.69 Å². The number of carbonyl (C=O) groups excluding carboxylic acids is 3. The molecule has 0 bridgehead atoms. The summed E-state index contributed by atoms with van der Waals surface area (Å²) in [6, 6.07) is 9.18. The van der Waals surface area contributed by atoms with Crippen LogP contribution in [0, 0.1) is 6.92 Å². The second-order valence-electron chi connectivity index (χ2n) is 8.82. The molecule has 1 aliphatic rings. The van der Waals surface area contributed by atoms with Crippen LogP contribution < -0.4 is 0 Å². The third-order valence-electron chi connectivity index (χ3n) is 5.26. The average molecular weight is 432 g/mol. The quantitative estimate of drug-likeness (QED) is 0.689. The molecule has 0 atom stereocenters. The minimum absolute atomic E-state index is 0.113. The summed E-state index contributed by atoms with van der Waals surface area (Å²) in [5.74, 6) is -0.950. The second kappa shape index (κ2) is 7.87. The van der Waals surface area contributed by atoms with Crippen molar-refractivity contribution >= 4 is 29.3 Å². The first-order chi connectivity index (χ1) is 13.9. The maximum atomic E-state index is 13.0. The molecular weight excluding hydrogens is 406 g/mol. The summed E-state index contributed by atoms with van der Waals surface area (Å²) in [6.07, 6.45) is 0.537. The second-order valence-corrected chi connectivity index (χ2v) is 9.18. The molecule has 1 aromatic carbocycles. The van der Waals surface area contributed by atoms with Crippen molar-refractivity contribution in [2.24, 2.45) is 0 Å². The topological polar surface area (TPSA) is 81.5 Å². The van der Waals surface area contributed by atoms with Crippen molar-refractivity contribution in [2.75, 3.05) is 6.61 Å². The number of benzene rings is 1. The van der Waals surface area contributed by atoms with E-state index in [1.807, 2.05) is 58.0 Å². The average Bonchev–Trinajstić information content (AvgIpc) is 2.92. The predicted octanol–water partition coefficient (Wildman–Crippen LogP) is 3.74. The van der Waals surface area contributed by atoms with E-state index in [1.54, 1.807) is 11.8 Å². The summed E-state index contributed by atoms with van der Waals surface area (Å²) in [5.41, 5.74) is -0.0734. The monoisotopic (exact) mass is 431 g/mol. The van der Waals surface area contributed by atoms with Crippen LogP contribution in [0.1, 0.15) is 56.6 Å². The minimum atomic E-state index is -0.711. The number of likely N-dealkylation sites (tertiary alicyclic amines) is 1. The minimum Gasteiger partial charge on any atom is -0.452 e. The molecule has 0 spiro atoms. The van der Waals surface area contributed by atoms with Crippen LogP contribution >= 0.6 is 11.6 Å². The van der Waals surface area contributed by atoms with E-state index >= 15 is 0 Å². The molecule has 3 rings (SSSR count). The first kappa shape index (κ1) is 22.0. The Kier molecular flexibility index (Phi) is 5.78. The fraction of sp³-hybridized carbons (Fsp3) is 0.455. The fourth-order valence-corrected chi connectivity index (χ4v) is 4.76. The highest BCUT2D eigenvalue weighted by Crippen LogP contribution is 2.36. The highest BCUT2D eigenvalue weighted by molar-refractivity contribution is 6.33. The van der Waals surface area contributed by atoms with E-state index in [9.17, 15) is 14.4 Å². The van der Waals surface area contributed by atoms with Crippen LogP contribution in [-0.4, -0.2) is 50.0 Å². The van der Waals surface area contributed by atoms with Crippen LogP contribution in [0.5, 0.6) is 0 Å². The lowest BCUT2D eigenvalue weighted by molar-refractivity contribution is -0.156. The van der Waals surface area contributed by atoms with Gasteiger partial charge >= 0.3 is 5.97 Å².